The fourth-order valence-electron chi connectivity index (χ4n) is 2.94. The van der Waals surface area contributed by atoms with Crippen LogP contribution in [0.15, 0.2) is 18.2 Å². The zero-order chi connectivity index (χ0) is 14.7. The molecule has 0 saturated carbocycles. The number of benzene rings is 1. The Morgan fingerprint density at radius 2 is 2.00 bits per heavy atom. The number of amides is 1. The molecule has 0 radical (unpaired) electrons. The first kappa shape index (κ1) is 14.7. The van der Waals surface area contributed by atoms with Crippen LogP contribution in [0.2, 0.25) is 0 Å². The van der Waals surface area contributed by atoms with Crippen molar-refractivity contribution in [2.45, 2.75) is 25.8 Å². The summed E-state index contributed by atoms with van der Waals surface area (Å²) in [6, 6.07) is 5.49. The van der Waals surface area contributed by atoms with Gasteiger partial charge in [-0.05, 0) is 44.1 Å². The summed E-state index contributed by atoms with van der Waals surface area (Å²) in [7, 11) is 1.84. The van der Waals surface area contributed by atoms with Crippen molar-refractivity contribution in [3.05, 3.63) is 23.8 Å². The summed E-state index contributed by atoms with van der Waals surface area (Å²) >= 11 is 0. The fraction of sp³-hybridized carbons (Fsp3) is 0.533. The average molecular weight is 276 g/mol. The Bertz CT molecular complexity index is 469. The van der Waals surface area contributed by atoms with Gasteiger partial charge in [0.25, 0.3) is 5.91 Å². The highest BCUT2D eigenvalue weighted by Crippen LogP contribution is 2.19. The maximum Gasteiger partial charge on any atom is 0.253 e. The van der Waals surface area contributed by atoms with Gasteiger partial charge in [-0.1, -0.05) is 6.92 Å². The third-order valence-electron chi connectivity index (χ3n) is 3.96. The third-order valence-corrected chi connectivity index (χ3v) is 3.96. The van der Waals surface area contributed by atoms with E-state index in [2.05, 4.69) is 11.8 Å². The van der Waals surface area contributed by atoms with Crippen molar-refractivity contribution in [1.82, 2.24) is 9.80 Å². The number of hydrogen-bond donors (Lipinski definition) is 2. The van der Waals surface area contributed by atoms with Crippen LogP contribution in [0.5, 0.6) is 0 Å². The van der Waals surface area contributed by atoms with E-state index in [1.54, 1.807) is 23.1 Å². The summed E-state index contributed by atoms with van der Waals surface area (Å²) in [4.78, 5) is 16.6. The van der Waals surface area contributed by atoms with Gasteiger partial charge in [-0.25, -0.2) is 0 Å². The standard InChI is InChI=1S/C15H24N4O/c1-3-19-6-4-5-14(19)10-18(2)15(20)11-7-12(16)9-13(17)8-11/h7-9,14H,3-6,10,16-17H2,1-2H3. The Morgan fingerprint density at radius 3 is 2.60 bits per heavy atom. The van der Waals surface area contributed by atoms with Gasteiger partial charge in [-0.3, -0.25) is 9.69 Å². The summed E-state index contributed by atoms with van der Waals surface area (Å²) in [5.74, 6) is -0.0213. The van der Waals surface area contributed by atoms with Crippen LogP contribution in [0.25, 0.3) is 0 Å². The molecule has 1 fully saturated rings. The van der Waals surface area contributed by atoms with Crippen molar-refractivity contribution in [1.29, 1.82) is 0 Å². The average Bonchev–Trinajstić information content (AvgIpc) is 2.83. The SMILES string of the molecule is CCN1CCCC1CN(C)C(=O)c1cc(N)cc(N)c1. The van der Waals surface area contributed by atoms with Crippen LogP contribution in [0.4, 0.5) is 11.4 Å². The van der Waals surface area contributed by atoms with E-state index in [0.717, 1.165) is 26.1 Å². The molecule has 0 aromatic heterocycles. The molecule has 0 bridgehead atoms. The molecule has 5 heteroatoms. The highest BCUT2D eigenvalue weighted by Gasteiger charge is 2.25. The van der Waals surface area contributed by atoms with Gasteiger partial charge in [-0.15, -0.1) is 0 Å². The van der Waals surface area contributed by atoms with Crippen LogP contribution in [0.3, 0.4) is 0 Å². The summed E-state index contributed by atoms with van der Waals surface area (Å²) in [5, 5.41) is 0. The molecule has 1 heterocycles. The Hall–Kier alpha value is -1.75. The summed E-state index contributed by atoms with van der Waals surface area (Å²) < 4.78 is 0. The van der Waals surface area contributed by atoms with E-state index in [9.17, 15) is 4.79 Å². The first-order valence-electron chi connectivity index (χ1n) is 7.16. The van der Waals surface area contributed by atoms with Crippen molar-refractivity contribution in [3.63, 3.8) is 0 Å². The van der Waals surface area contributed by atoms with Crippen LogP contribution in [0.1, 0.15) is 30.1 Å². The Labute approximate surface area is 120 Å². The molecule has 5 nitrogen and oxygen atoms in total. The molecule has 1 aliphatic heterocycles. The lowest BCUT2D eigenvalue weighted by atomic mass is 10.1. The summed E-state index contributed by atoms with van der Waals surface area (Å²) in [5.41, 5.74) is 13.1. The molecule has 1 aromatic rings. The first-order valence-corrected chi connectivity index (χ1v) is 7.16. The minimum absolute atomic E-state index is 0.0213. The minimum Gasteiger partial charge on any atom is -0.399 e. The summed E-state index contributed by atoms with van der Waals surface area (Å²) in [6.45, 7) is 5.09. The molecule has 1 unspecified atom stereocenters. The normalized spacial score (nSPS) is 19.2. The molecule has 1 amide bonds. The number of likely N-dealkylation sites (N-methyl/N-ethyl adjacent to an activating group) is 2. The van der Waals surface area contributed by atoms with Gasteiger partial charge in [0.15, 0.2) is 0 Å². The van der Waals surface area contributed by atoms with Gasteiger partial charge in [0, 0.05) is 36.6 Å². The second kappa shape index (κ2) is 6.13. The maximum absolute atomic E-state index is 12.4. The molecule has 1 aromatic carbocycles. The number of carbonyl (C=O) groups excluding carboxylic acids is 1. The molecule has 1 atom stereocenters. The van der Waals surface area contributed by atoms with Crippen molar-refractivity contribution in [3.8, 4) is 0 Å². The maximum atomic E-state index is 12.4. The molecule has 0 aliphatic carbocycles. The predicted molar refractivity (Wildman–Crippen MR) is 82.5 cm³/mol. The van der Waals surface area contributed by atoms with Crippen LogP contribution < -0.4 is 11.5 Å². The number of likely N-dealkylation sites (tertiary alicyclic amines) is 1. The van der Waals surface area contributed by atoms with E-state index >= 15 is 0 Å². The molecule has 1 saturated heterocycles. The summed E-state index contributed by atoms with van der Waals surface area (Å²) in [6.07, 6.45) is 2.37. The van der Waals surface area contributed by atoms with Crippen molar-refractivity contribution in [2.24, 2.45) is 0 Å². The van der Waals surface area contributed by atoms with Crippen molar-refractivity contribution < 1.29 is 4.79 Å². The molecule has 1 aliphatic rings. The second-order valence-electron chi connectivity index (χ2n) is 5.50. The topological polar surface area (TPSA) is 75.6 Å². The predicted octanol–water partition coefficient (Wildman–Crippen LogP) is 1.41. The fourth-order valence-corrected chi connectivity index (χ4v) is 2.94. The van der Waals surface area contributed by atoms with E-state index in [0.29, 0.717) is 23.0 Å². The van der Waals surface area contributed by atoms with Gasteiger partial charge in [-0.2, -0.15) is 0 Å². The molecule has 4 N–H and O–H groups in total. The van der Waals surface area contributed by atoms with Gasteiger partial charge < -0.3 is 16.4 Å². The molecular weight excluding hydrogens is 252 g/mol. The number of nitrogens with two attached hydrogens (primary N) is 2. The molecule has 0 spiro atoms. The first-order chi connectivity index (χ1) is 9.51. The van der Waals surface area contributed by atoms with E-state index in [-0.39, 0.29) is 5.91 Å². The highest BCUT2D eigenvalue weighted by molar-refractivity contribution is 5.96. The van der Waals surface area contributed by atoms with Crippen LogP contribution in [0, 0.1) is 0 Å². The Morgan fingerprint density at radius 1 is 1.35 bits per heavy atom. The lowest BCUT2D eigenvalue weighted by Gasteiger charge is -2.28. The van der Waals surface area contributed by atoms with Crippen LogP contribution in [-0.4, -0.2) is 48.4 Å². The smallest absolute Gasteiger partial charge is 0.253 e. The Kier molecular flexibility index (Phi) is 4.49. The number of rotatable bonds is 4. The van der Waals surface area contributed by atoms with Crippen LogP contribution in [-0.2, 0) is 0 Å². The van der Waals surface area contributed by atoms with E-state index in [1.807, 2.05) is 7.05 Å². The number of nitrogens with zero attached hydrogens (tertiary/aromatic N) is 2. The molecule has 20 heavy (non-hydrogen) atoms. The quantitative estimate of drug-likeness (QED) is 0.815. The number of anilines is 2. The van der Waals surface area contributed by atoms with Gasteiger partial charge in [0.1, 0.15) is 0 Å². The minimum atomic E-state index is -0.0213. The highest BCUT2D eigenvalue weighted by atomic mass is 16.2. The van der Waals surface area contributed by atoms with E-state index < -0.39 is 0 Å². The third kappa shape index (κ3) is 3.22. The zero-order valence-electron chi connectivity index (χ0n) is 12.3. The van der Waals surface area contributed by atoms with Gasteiger partial charge >= 0.3 is 0 Å². The van der Waals surface area contributed by atoms with Crippen LogP contribution >= 0.6 is 0 Å². The van der Waals surface area contributed by atoms with Crippen molar-refractivity contribution in [2.75, 3.05) is 38.1 Å². The number of nitrogen functional groups attached to an aromatic ring is 2. The molecular formula is C15H24N4O. The number of hydrogen-bond acceptors (Lipinski definition) is 4. The largest absolute Gasteiger partial charge is 0.399 e. The lowest BCUT2D eigenvalue weighted by molar-refractivity contribution is 0.0754. The van der Waals surface area contributed by atoms with E-state index in [1.165, 1.54) is 6.42 Å². The molecule has 110 valence electrons. The van der Waals surface area contributed by atoms with Crippen molar-refractivity contribution >= 4 is 17.3 Å². The van der Waals surface area contributed by atoms with Gasteiger partial charge in [0.05, 0.1) is 0 Å². The second-order valence-corrected chi connectivity index (χ2v) is 5.50. The lowest BCUT2D eigenvalue weighted by Crippen LogP contribution is -2.41. The monoisotopic (exact) mass is 276 g/mol. The number of carbonyl (C=O) groups is 1. The zero-order valence-corrected chi connectivity index (χ0v) is 12.3. The van der Waals surface area contributed by atoms with E-state index in [4.69, 9.17) is 11.5 Å². The Balaban J connectivity index is 2.04. The van der Waals surface area contributed by atoms with Gasteiger partial charge in [0.2, 0.25) is 0 Å². The molecule has 2 rings (SSSR count).